The molecular formula is C20H15ClN2OS. The Morgan fingerprint density at radius 1 is 0.960 bits per heavy atom. The quantitative estimate of drug-likeness (QED) is 0.615. The average Bonchev–Trinajstić information content (AvgIpc) is 3.24. The van der Waals surface area contributed by atoms with Crippen molar-refractivity contribution in [1.82, 2.24) is 0 Å². The number of amides is 1. The number of hydrogen-bond acceptors (Lipinski definition) is 3. The first-order valence-electron chi connectivity index (χ1n) is 7.94. The lowest BCUT2D eigenvalue weighted by atomic mass is 9.92. The molecule has 0 saturated carbocycles. The Labute approximate surface area is 155 Å². The normalized spacial score (nSPS) is 20.0. The van der Waals surface area contributed by atoms with Crippen molar-refractivity contribution in [3.8, 4) is 0 Å². The van der Waals surface area contributed by atoms with Crippen molar-refractivity contribution >= 4 is 40.2 Å². The second-order valence-electron chi connectivity index (χ2n) is 5.82. The summed E-state index contributed by atoms with van der Waals surface area (Å²) in [5, 5.41) is 8.03. The molecule has 1 aliphatic heterocycles. The van der Waals surface area contributed by atoms with E-state index in [1.54, 1.807) is 11.3 Å². The maximum Gasteiger partial charge on any atom is 0.275 e. The Balaban J connectivity index is 1.81. The second kappa shape index (κ2) is 6.47. The standard InChI is InChI=1S/C20H15ClN2OS/c21-20(14-17-12-7-13-25-17)18(15-8-3-1-4-9-15)22-23(19(20)24)16-10-5-2-6-11-16/h1-13H,14H2/t20-/m0/s1. The Morgan fingerprint density at radius 3 is 2.28 bits per heavy atom. The Hall–Kier alpha value is -2.43. The van der Waals surface area contributed by atoms with E-state index in [9.17, 15) is 4.79 Å². The molecule has 1 aromatic heterocycles. The Bertz CT molecular complexity index is 909. The van der Waals surface area contributed by atoms with E-state index in [0.29, 0.717) is 12.1 Å². The van der Waals surface area contributed by atoms with E-state index in [1.165, 1.54) is 5.01 Å². The molecule has 3 nitrogen and oxygen atoms in total. The summed E-state index contributed by atoms with van der Waals surface area (Å²) < 4.78 is 0. The molecule has 0 N–H and O–H groups in total. The van der Waals surface area contributed by atoms with Crippen LogP contribution in [0.1, 0.15) is 10.4 Å². The van der Waals surface area contributed by atoms with Gasteiger partial charge < -0.3 is 0 Å². The van der Waals surface area contributed by atoms with Crippen molar-refractivity contribution < 1.29 is 4.79 Å². The molecule has 0 spiro atoms. The summed E-state index contributed by atoms with van der Waals surface area (Å²) in [6, 6.07) is 23.0. The summed E-state index contributed by atoms with van der Waals surface area (Å²) >= 11 is 8.54. The van der Waals surface area contributed by atoms with E-state index >= 15 is 0 Å². The predicted molar refractivity (Wildman–Crippen MR) is 104 cm³/mol. The zero-order valence-corrected chi connectivity index (χ0v) is 14.9. The summed E-state index contributed by atoms with van der Waals surface area (Å²) in [5.74, 6) is -0.215. The summed E-state index contributed by atoms with van der Waals surface area (Å²) in [6.45, 7) is 0. The van der Waals surface area contributed by atoms with Crippen LogP contribution in [-0.2, 0) is 11.2 Å². The van der Waals surface area contributed by atoms with Crippen molar-refractivity contribution in [2.24, 2.45) is 5.10 Å². The minimum atomic E-state index is -1.21. The molecule has 0 fully saturated rings. The highest BCUT2D eigenvalue weighted by Gasteiger charge is 2.51. The number of halogens is 1. The number of thiophene rings is 1. The maximum atomic E-state index is 13.2. The van der Waals surface area contributed by atoms with Gasteiger partial charge in [-0.25, -0.2) is 0 Å². The molecule has 0 aliphatic carbocycles. The van der Waals surface area contributed by atoms with E-state index in [4.69, 9.17) is 11.6 Å². The fraction of sp³-hybridized carbons (Fsp3) is 0.100. The van der Waals surface area contributed by atoms with Gasteiger partial charge in [0.15, 0.2) is 4.87 Å². The Morgan fingerprint density at radius 2 is 1.64 bits per heavy atom. The third kappa shape index (κ3) is 2.88. The molecule has 0 saturated heterocycles. The number of carbonyl (C=O) groups is 1. The molecule has 124 valence electrons. The number of carbonyl (C=O) groups excluding carboxylic acids is 1. The third-order valence-corrected chi connectivity index (χ3v) is 5.50. The zero-order valence-electron chi connectivity index (χ0n) is 13.3. The first-order chi connectivity index (χ1) is 12.2. The molecule has 0 unspecified atom stereocenters. The van der Waals surface area contributed by atoms with Gasteiger partial charge in [0.2, 0.25) is 0 Å². The van der Waals surface area contributed by atoms with Crippen molar-refractivity contribution in [3.63, 3.8) is 0 Å². The molecule has 1 amide bonds. The number of rotatable bonds is 4. The predicted octanol–water partition coefficient (Wildman–Crippen LogP) is 4.72. The van der Waals surface area contributed by atoms with Crippen molar-refractivity contribution in [3.05, 3.63) is 88.6 Å². The summed E-state index contributed by atoms with van der Waals surface area (Å²) in [7, 11) is 0. The highest BCUT2D eigenvalue weighted by molar-refractivity contribution is 7.10. The van der Waals surface area contributed by atoms with Crippen LogP contribution >= 0.6 is 22.9 Å². The number of alkyl halides is 1. The number of hydrazone groups is 1. The first-order valence-corrected chi connectivity index (χ1v) is 9.20. The molecule has 5 heteroatoms. The monoisotopic (exact) mass is 366 g/mol. The van der Waals surface area contributed by atoms with Gasteiger partial charge in [0.1, 0.15) is 0 Å². The van der Waals surface area contributed by atoms with Crippen LogP contribution in [0.15, 0.2) is 83.3 Å². The third-order valence-electron chi connectivity index (χ3n) is 4.15. The highest BCUT2D eigenvalue weighted by atomic mass is 35.5. The molecule has 4 rings (SSSR count). The number of benzene rings is 2. The van der Waals surface area contributed by atoms with Crippen LogP contribution in [0, 0.1) is 0 Å². The van der Waals surface area contributed by atoms with Gasteiger partial charge in [-0.05, 0) is 23.6 Å². The lowest BCUT2D eigenvalue weighted by Gasteiger charge is -2.22. The largest absolute Gasteiger partial charge is 0.275 e. The highest BCUT2D eigenvalue weighted by Crippen LogP contribution is 2.37. The van der Waals surface area contributed by atoms with E-state index in [2.05, 4.69) is 5.10 Å². The van der Waals surface area contributed by atoms with Crippen LogP contribution in [0.3, 0.4) is 0 Å². The molecule has 0 radical (unpaired) electrons. The topological polar surface area (TPSA) is 32.7 Å². The zero-order chi connectivity index (χ0) is 17.3. The molecule has 1 aliphatic rings. The van der Waals surface area contributed by atoms with Crippen LogP contribution in [0.25, 0.3) is 0 Å². The van der Waals surface area contributed by atoms with E-state index in [-0.39, 0.29) is 5.91 Å². The Kier molecular flexibility index (Phi) is 4.15. The van der Waals surface area contributed by atoms with Gasteiger partial charge in [-0.15, -0.1) is 22.9 Å². The molecule has 1 atom stereocenters. The van der Waals surface area contributed by atoms with Gasteiger partial charge in [0.25, 0.3) is 5.91 Å². The molecule has 2 aromatic carbocycles. The summed E-state index contributed by atoms with van der Waals surface area (Å²) in [6.07, 6.45) is 0.419. The average molecular weight is 367 g/mol. The fourth-order valence-electron chi connectivity index (χ4n) is 2.93. The minimum Gasteiger partial charge on any atom is -0.270 e. The summed E-state index contributed by atoms with van der Waals surface area (Å²) in [4.78, 5) is 13.1. The molecule has 25 heavy (non-hydrogen) atoms. The molecule has 3 aromatic rings. The lowest BCUT2D eigenvalue weighted by Crippen LogP contribution is -2.43. The van der Waals surface area contributed by atoms with Crippen LogP contribution in [-0.4, -0.2) is 16.5 Å². The molecule has 2 heterocycles. The van der Waals surface area contributed by atoms with Gasteiger partial charge in [-0.2, -0.15) is 10.1 Å². The van der Waals surface area contributed by atoms with Crippen molar-refractivity contribution in [2.75, 3.05) is 5.01 Å². The molecule has 0 bridgehead atoms. The van der Waals surface area contributed by atoms with Crippen LogP contribution < -0.4 is 5.01 Å². The van der Waals surface area contributed by atoms with Crippen LogP contribution in [0.4, 0.5) is 5.69 Å². The minimum absolute atomic E-state index is 0.215. The van der Waals surface area contributed by atoms with E-state index in [0.717, 1.165) is 16.1 Å². The first kappa shape index (κ1) is 16.1. The van der Waals surface area contributed by atoms with Crippen LogP contribution in [0.2, 0.25) is 0 Å². The SMILES string of the molecule is O=C1N(c2ccccc2)N=C(c2ccccc2)[C@@]1(Cl)Cc1cccs1. The second-order valence-corrected chi connectivity index (χ2v) is 7.50. The maximum absolute atomic E-state index is 13.2. The van der Waals surface area contributed by atoms with Gasteiger partial charge in [-0.1, -0.05) is 54.6 Å². The fourth-order valence-corrected chi connectivity index (χ4v) is 4.17. The van der Waals surface area contributed by atoms with E-state index in [1.807, 2.05) is 78.2 Å². The van der Waals surface area contributed by atoms with Gasteiger partial charge in [0, 0.05) is 16.9 Å². The van der Waals surface area contributed by atoms with Gasteiger partial charge in [-0.3, -0.25) is 4.79 Å². The number of nitrogens with zero attached hydrogens (tertiary/aromatic N) is 2. The van der Waals surface area contributed by atoms with Gasteiger partial charge in [0.05, 0.1) is 11.4 Å². The number of anilines is 1. The number of para-hydroxylation sites is 1. The summed E-state index contributed by atoms with van der Waals surface area (Å²) in [5.41, 5.74) is 2.17. The molecular weight excluding hydrogens is 352 g/mol. The smallest absolute Gasteiger partial charge is 0.270 e. The van der Waals surface area contributed by atoms with Crippen LogP contribution in [0.5, 0.6) is 0 Å². The van der Waals surface area contributed by atoms with Gasteiger partial charge >= 0.3 is 0 Å². The lowest BCUT2D eigenvalue weighted by molar-refractivity contribution is -0.118. The van der Waals surface area contributed by atoms with E-state index < -0.39 is 4.87 Å². The van der Waals surface area contributed by atoms with Crippen molar-refractivity contribution in [1.29, 1.82) is 0 Å². The van der Waals surface area contributed by atoms with Crippen molar-refractivity contribution in [2.45, 2.75) is 11.3 Å². The number of hydrogen-bond donors (Lipinski definition) is 0.